The summed E-state index contributed by atoms with van der Waals surface area (Å²) in [6.45, 7) is -0.147. The predicted octanol–water partition coefficient (Wildman–Crippen LogP) is 2.90. The van der Waals surface area contributed by atoms with E-state index in [1.807, 2.05) is 37.2 Å². The van der Waals surface area contributed by atoms with Crippen molar-refractivity contribution in [1.29, 1.82) is 0 Å². The number of alkyl halides is 2. The average Bonchev–Trinajstić information content (AvgIpc) is 2.81. The number of amides is 1. The number of nitrogens with one attached hydrogen (secondary N) is 2. The Kier molecular flexibility index (Phi) is 9.46. The van der Waals surface area contributed by atoms with Crippen LogP contribution < -0.4 is 10.6 Å². The average molecular weight is 405 g/mol. The van der Waals surface area contributed by atoms with Gasteiger partial charge in [-0.25, -0.2) is 8.78 Å². The molecule has 1 amide bonds. The Morgan fingerprint density at radius 1 is 1.42 bits per heavy atom. The van der Waals surface area contributed by atoms with Gasteiger partial charge in [0.25, 0.3) is 5.92 Å². The van der Waals surface area contributed by atoms with Crippen LogP contribution in [0.1, 0.15) is 18.0 Å². The topological polar surface area (TPSA) is 44.4 Å². The minimum atomic E-state index is -2.81. The summed E-state index contributed by atoms with van der Waals surface area (Å²) in [6.07, 6.45) is -0.461. The lowest BCUT2D eigenvalue weighted by molar-refractivity contribution is -0.123. The molecule has 1 aliphatic rings. The van der Waals surface area contributed by atoms with Crippen LogP contribution in [-0.2, 0) is 4.79 Å². The van der Waals surface area contributed by atoms with E-state index in [2.05, 4.69) is 10.6 Å². The number of carbonyl (C=O) groups is 1. The van der Waals surface area contributed by atoms with E-state index >= 15 is 0 Å². The molecule has 2 unspecified atom stereocenters. The molecule has 0 aliphatic carbocycles. The van der Waals surface area contributed by atoms with Gasteiger partial charge in [0.15, 0.2) is 0 Å². The fraction of sp³-hybridized carbons (Fsp3) is 0.533. The lowest BCUT2D eigenvalue weighted by Gasteiger charge is -2.26. The lowest BCUT2D eigenvalue weighted by atomic mass is 10.1. The van der Waals surface area contributed by atoms with Gasteiger partial charge in [-0.15, -0.1) is 24.8 Å². The molecule has 1 saturated heterocycles. The van der Waals surface area contributed by atoms with Crippen molar-refractivity contribution in [3.63, 3.8) is 0 Å². The molecule has 0 spiro atoms. The summed E-state index contributed by atoms with van der Waals surface area (Å²) in [5, 5.41) is 5.90. The first-order chi connectivity index (χ1) is 10.3. The van der Waals surface area contributed by atoms with E-state index in [0.29, 0.717) is 11.6 Å². The standard InChI is InChI=1S/C15H20ClF2N3O.2ClH/c1-21(2)13(10-5-3-4-6-11(10)16)8-19-14(22)12-7-15(17,18)9-20-12;;/h3-6,12-13,20H,7-9H2,1-2H3,(H,19,22);2*1H. The maximum absolute atomic E-state index is 13.1. The molecule has 138 valence electrons. The van der Waals surface area contributed by atoms with Crippen LogP contribution in [0, 0.1) is 0 Å². The van der Waals surface area contributed by atoms with Crippen molar-refractivity contribution >= 4 is 42.3 Å². The van der Waals surface area contributed by atoms with Crippen LogP contribution in [0.4, 0.5) is 8.78 Å². The van der Waals surface area contributed by atoms with Gasteiger partial charge in [-0.2, -0.15) is 0 Å². The summed E-state index contributed by atoms with van der Waals surface area (Å²) >= 11 is 6.19. The minimum absolute atomic E-state index is 0. The fourth-order valence-corrected chi connectivity index (χ4v) is 2.80. The number of halogens is 5. The Bertz CT molecular complexity index is 546. The Balaban J connectivity index is 0.00000264. The van der Waals surface area contributed by atoms with Crippen molar-refractivity contribution in [2.75, 3.05) is 27.2 Å². The Morgan fingerprint density at radius 2 is 2.04 bits per heavy atom. The molecule has 1 aromatic carbocycles. The summed E-state index contributed by atoms with van der Waals surface area (Å²) in [5.41, 5.74) is 0.888. The van der Waals surface area contributed by atoms with Gasteiger partial charge < -0.3 is 10.2 Å². The molecule has 24 heavy (non-hydrogen) atoms. The minimum Gasteiger partial charge on any atom is -0.353 e. The maximum atomic E-state index is 13.1. The maximum Gasteiger partial charge on any atom is 0.262 e. The highest BCUT2D eigenvalue weighted by atomic mass is 35.5. The van der Waals surface area contributed by atoms with Crippen molar-refractivity contribution in [1.82, 2.24) is 15.5 Å². The highest BCUT2D eigenvalue weighted by Gasteiger charge is 2.42. The van der Waals surface area contributed by atoms with E-state index in [1.54, 1.807) is 6.07 Å². The van der Waals surface area contributed by atoms with Gasteiger partial charge in [0.1, 0.15) is 0 Å². The second-order valence-corrected chi connectivity index (χ2v) is 6.15. The largest absolute Gasteiger partial charge is 0.353 e. The zero-order valence-corrected chi connectivity index (χ0v) is 15.8. The van der Waals surface area contributed by atoms with E-state index in [0.717, 1.165) is 5.56 Å². The number of hydrogen-bond acceptors (Lipinski definition) is 3. The monoisotopic (exact) mass is 403 g/mol. The van der Waals surface area contributed by atoms with Gasteiger partial charge in [0, 0.05) is 18.0 Å². The second kappa shape index (κ2) is 9.73. The summed E-state index contributed by atoms with van der Waals surface area (Å²) < 4.78 is 26.3. The van der Waals surface area contributed by atoms with Gasteiger partial charge in [-0.05, 0) is 25.7 Å². The summed E-state index contributed by atoms with van der Waals surface area (Å²) in [4.78, 5) is 13.9. The molecule has 1 fully saturated rings. The zero-order chi connectivity index (χ0) is 16.3. The molecule has 1 aromatic rings. The number of hydrogen-bond donors (Lipinski definition) is 2. The highest BCUT2D eigenvalue weighted by Crippen LogP contribution is 2.27. The summed E-state index contributed by atoms with van der Waals surface area (Å²) in [7, 11) is 3.75. The number of rotatable bonds is 5. The highest BCUT2D eigenvalue weighted by molar-refractivity contribution is 6.31. The van der Waals surface area contributed by atoms with E-state index in [1.165, 1.54) is 0 Å². The first-order valence-corrected chi connectivity index (χ1v) is 7.48. The lowest BCUT2D eigenvalue weighted by Crippen LogP contribution is -2.43. The molecule has 0 saturated carbocycles. The molecule has 2 rings (SSSR count). The van der Waals surface area contributed by atoms with E-state index in [9.17, 15) is 13.6 Å². The molecule has 9 heteroatoms. The van der Waals surface area contributed by atoms with Crippen LogP contribution in [0.2, 0.25) is 5.02 Å². The van der Waals surface area contributed by atoms with Crippen molar-refractivity contribution in [3.8, 4) is 0 Å². The zero-order valence-electron chi connectivity index (χ0n) is 13.4. The first-order valence-electron chi connectivity index (χ1n) is 7.10. The smallest absolute Gasteiger partial charge is 0.262 e. The molecular weight excluding hydrogens is 383 g/mol. The molecule has 4 nitrogen and oxygen atoms in total. The first kappa shape index (κ1) is 23.3. The Morgan fingerprint density at radius 3 is 2.54 bits per heavy atom. The Labute approximate surface area is 158 Å². The summed E-state index contributed by atoms with van der Waals surface area (Å²) in [5.74, 6) is -3.22. The molecular formula is C15H22Cl3F2N3O. The SMILES string of the molecule is CN(C)C(CNC(=O)C1CC(F)(F)CN1)c1ccccc1Cl.Cl.Cl. The van der Waals surface area contributed by atoms with Crippen molar-refractivity contribution < 1.29 is 13.6 Å². The quantitative estimate of drug-likeness (QED) is 0.793. The number of nitrogens with zero attached hydrogens (tertiary/aromatic N) is 1. The second-order valence-electron chi connectivity index (χ2n) is 5.74. The Hall–Kier alpha value is -0.660. The normalized spacial score (nSPS) is 20.0. The van der Waals surface area contributed by atoms with Gasteiger partial charge >= 0.3 is 0 Å². The molecule has 0 radical (unpaired) electrons. The fourth-order valence-electron chi connectivity index (χ4n) is 2.54. The van der Waals surface area contributed by atoms with Gasteiger partial charge in [-0.3, -0.25) is 10.1 Å². The molecule has 0 bridgehead atoms. The third-order valence-corrected chi connectivity index (χ3v) is 4.13. The van der Waals surface area contributed by atoms with E-state index < -0.39 is 30.8 Å². The number of likely N-dealkylation sites (N-methyl/N-ethyl adjacent to an activating group) is 1. The molecule has 0 aromatic heterocycles. The van der Waals surface area contributed by atoms with E-state index in [-0.39, 0.29) is 30.9 Å². The molecule has 1 heterocycles. The van der Waals surface area contributed by atoms with Crippen LogP contribution in [0.15, 0.2) is 24.3 Å². The van der Waals surface area contributed by atoms with Gasteiger partial charge in [0.05, 0.1) is 18.6 Å². The van der Waals surface area contributed by atoms with Crippen LogP contribution >= 0.6 is 36.4 Å². The van der Waals surface area contributed by atoms with Crippen LogP contribution in [0.25, 0.3) is 0 Å². The number of benzene rings is 1. The third kappa shape index (κ3) is 6.01. The van der Waals surface area contributed by atoms with Crippen molar-refractivity contribution in [2.45, 2.75) is 24.4 Å². The predicted molar refractivity (Wildman–Crippen MR) is 96.7 cm³/mol. The van der Waals surface area contributed by atoms with Gasteiger partial charge in [0.2, 0.25) is 5.91 Å². The van der Waals surface area contributed by atoms with Crippen molar-refractivity contribution in [2.24, 2.45) is 0 Å². The third-order valence-electron chi connectivity index (χ3n) is 3.78. The van der Waals surface area contributed by atoms with E-state index in [4.69, 9.17) is 11.6 Å². The number of carbonyl (C=O) groups excluding carboxylic acids is 1. The molecule has 2 atom stereocenters. The summed E-state index contributed by atoms with van der Waals surface area (Å²) in [6, 6.07) is 6.42. The van der Waals surface area contributed by atoms with Crippen LogP contribution in [-0.4, -0.2) is 50.0 Å². The van der Waals surface area contributed by atoms with Crippen LogP contribution in [0.5, 0.6) is 0 Å². The molecule has 1 aliphatic heterocycles. The van der Waals surface area contributed by atoms with Crippen LogP contribution in [0.3, 0.4) is 0 Å². The molecule has 2 N–H and O–H groups in total. The van der Waals surface area contributed by atoms with Gasteiger partial charge in [-0.1, -0.05) is 29.8 Å². The van der Waals surface area contributed by atoms with Crippen molar-refractivity contribution in [3.05, 3.63) is 34.9 Å².